The van der Waals surface area contributed by atoms with Crippen molar-refractivity contribution in [2.24, 2.45) is 5.73 Å². The molecular weight excluding hydrogens is 220 g/mol. The highest BCUT2D eigenvalue weighted by Gasteiger charge is 2.02. The summed E-state index contributed by atoms with van der Waals surface area (Å²) in [4.78, 5) is 8.37. The first kappa shape index (κ1) is 10.6. The lowest BCUT2D eigenvalue weighted by atomic mass is 10.2. The zero-order valence-electron chi connectivity index (χ0n) is 8.42. The van der Waals surface area contributed by atoms with E-state index >= 15 is 0 Å². The Morgan fingerprint density at radius 2 is 1.94 bits per heavy atom. The molecule has 2 aromatic heterocycles. The lowest BCUT2D eigenvalue weighted by Gasteiger charge is -2.02. The number of hydrogen-bond donors (Lipinski definition) is 2. The third kappa shape index (κ3) is 2.58. The summed E-state index contributed by atoms with van der Waals surface area (Å²) in [7, 11) is 0. The standard InChI is InChI=1S/C11H10N4S/c12-11(13)8-4-6-15-10(7-8)16-9-3-1-2-5-14-9/h1-7H,(H3,12,13). The zero-order chi connectivity index (χ0) is 11.4. The molecular formula is C11H10N4S. The van der Waals surface area contributed by atoms with Crippen LogP contribution in [0.15, 0.2) is 52.8 Å². The van der Waals surface area contributed by atoms with E-state index in [2.05, 4.69) is 9.97 Å². The second kappa shape index (κ2) is 4.76. The van der Waals surface area contributed by atoms with E-state index in [0.717, 1.165) is 10.1 Å². The highest BCUT2D eigenvalue weighted by atomic mass is 32.2. The van der Waals surface area contributed by atoms with Gasteiger partial charge in [-0.05, 0) is 24.3 Å². The lowest BCUT2D eigenvalue weighted by Crippen LogP contribution is -2.10. The highest BCUT2D eigenvalue weighted by molar-refractivity contribution is 7.99. The van der Waals surface area contributed by atoms with Gasteiger partial charge in [-0.2, -0.15) is 0 Å². The molecule has 5 heteroatoms. The molecule has 0 atom stereocenters. The first-order chi connectivity index (χ1) is 7.75. The van der Waals surface area contributed by atoms with Gasteiger partial charge in [-0.25, -0.2) is 9.97 Å². The average molecular weight is 230 g/mol. The molecule has 0 saturated carbocycles. The van der Waals surface area contributed by atoms with Crippen LogP contribution >= 0.6 is 11.8 Å². The summed E-state index contributed by atoms with van der Waals surface area (Å²) in [5.41, 5.74) is 6.08. The molecule has 0 aliphatic heterocycles. The Balaban J connectivity index is 2.22. The van der Waals surface area contributed by atoms with Gasteiger partial charge in [-0.1, -0.05) is 17.8 Å². The Morgan fingerprint density at radius 1 is 1.12 bits per heavy atom. The van der Waals surface area contributed by atoms with Crippen molar-refractivity contribution in [3.8, 4) is 0 Å². The predicted molar refractivity (Wildman–Crippen MR) is 63.6 cm³/mol. The molecule has 16 heavy (non-hydrogen) atoms. The van der Waals surface area contributed by atoms with Crippen LogP contribution in [-0.4, -0.2) is 15.8 Å². The van der Waals surface area contributed by atoms with Crippen molar-refractivity contribution in [3.63, 3.8) is 0 Å². The minimum absolute atomic E-state index is 0.0465. The van der Waals surface area contributed by atoms with Gasteiger partial charge in [-0.3, -0.25) is 5.41 Å². The number of rotatable bonds is 3. The maximum absolute atomic E-state index is 7.34. The highest BCUT2D eigenvalue weighted by Crippen LogP contribution is 2.23. The number of aromatic nitrogens is 2. The molecule has 0 bridgehead atoms. The fourth-order valence-electron chi connectivity index (χ4n) is 1.15. The van der Waals surface area contributed by atoms with Crippen molar-refractivity contribution in [1.29, 1.82) is 5.41 Å². The Morgan fingerprint density at radius 3 is 2.62 bits per heavy atom. The summed E-state index contributed by atoms with van der Waals surface area (Å²) in [6.07, 6.45) is 3.37. The van der Waals surface area contributed by atoms with Crippen molar-refractivity contribution in [3.05, 3.63) is 48.3 Å². The second-order valence-corrected chi connectivity index (χ2v) is 4.11. The van der Waals surface area contributed by atoms with Crippen molar-refractivity contribution >= 4 is 17.6 Å². The van der Waals surface area contributed by atoms with Gasteiger partial charge in [0.05, 0.1) is 0 Å². The molecule has 2 aromatic rings. The predicted octanol–water partition coefficient (Wildman–Crippen LogP) is 1.91. The third-order valence-electron chi connectivity index (χ3n) is 1.89. The number of nitrogens with one attached hydrogen (secondary N) is 1. The van der Waals surface area contributed by atoms with E-state index < -0.39 is 0 Å². The molecule has 2 heterocycles. The van der Waals surface area contributed by atoms with E-state index in [9.17, 15) is 0 Å². The molecule has 2 rings (SSSR count). The molecule has 0 spiro atoms. The maximum Gasteiger partial charge on any atom is 0.122 e. The summed E-state index contributed by atoms with van der Waals surface area (Å²) >= 11 is 1.44. The van der Waals surface area contributed by atoms with Crippen LogP contribution in [0.25, 0.3) is 0 Å². The first-order valence-corrected chi connectivity index (χ1v) is 5.47. The van der Waals surface area contributed by atoms with E-state index in [4.69, 9.17) is 11.1 Å². The topological polar surface area (TPSA) is 75.7 Å². The molecule has 3 N–H and O–H groups in total. The van der Waals surface area contributed by atoms with Crippen molar-refractivity contribution in [1.82, 2.24) is 9.97 Å². The van der Waals surface area contributed by atoms with Crippen molar-refractivity contribution < 1.29 is 0 Å². The van der Waals surface area contributed by atoms with E-state index in [-0.39, 0.29) is 5.84 Å². The molecule has 0 aromatic carbocycles. The van der Waals surface area contributed by atoms with Gasteiger partial charge in [0, 0.05) is 18.0 Å². The quantitative estimate of drug-likeness (QED) is 0.624. The van der Waals surface area contributed by atoms with Crippen LogP contribution in [0.2, 0.25) is 0 Å². The van der Waals surface area contributed by atoms with Crippen LogP contribution in [-0.2, 0) is 0 Å². The summed E-state index contributed by atoms with van der Waals surface area (Å²) in [5.74, 6) is 0.0465. The molecule has 0 aliphatic carbocycles. The van der Waals surface area contributed by atoms with Gasteiger partial charge in [-0.15, -0.1) is 0 Å². The number of nitrogen functional groups attached to an aromatic ring is 1. The van der Waals surface area contributed by atoms with E-state index in [0.29, 0.717) is 5.56 Å². The summed E-state index contributed by atoms with van der Waals surface area (Å²) < 4.78 is 0. The van der Waals surface area contributed by atoms with Crippen LogP contribution in [0.4, 0.5) is 0 Å². The van der Waals surface area contributed by atoms with Gasteiger partial charge >= 0.3 is 0 Å². The van der Waals surface area contributed by atoms with Gasteiger partial charge in [0.2, 0.25) is 0 Å². The Kier molecular flexibility index (Phi) is 3.16. The van der Waals surface area contributed by atoms with E-state index in [1.807, 2.05) is 18.2 Å². The molecule has 4 nitrogen and oxygen atoms in total. The average Bonchev–Trinajstić information content (AvgIpc) is 2.30. The molecule has 80 valence electrons. The maximum atomic E-state index is 7.34. The van der Waals surface area contributed by atoms with Gasteiger partial charge < -0.3 is 5.73 Å². The molecule has 0 unspecified atom stereocenters. The lowest BCUT2D eigenvalue weighted by molar-refractivity contribution is 1.09. The van der Waals surface area contributed by atoms with Crippen LogP contribution in [0.3, 0.4) is 0 Å². The van der Waals surface area contributed by atoms with Crippen LogP contribution in [0, 0.1) is 5.41 Å². The van der Waals surface area contributed by atoms with Gasteiger partial charge in [0.25, 0.3) is 0 Å². The normalized spacial score (nSPS) is 10.0. The Bertz CT molecular complexity index is 498. The Hall–Kier alpha value is -1.88. The van der Waals surface area contributed by atoms with E-state index in [1.54, 1.807) is 24.5 Å². The van der Waals surface area contributed by atoms with Crippen LogP contribution in [0.1, 0.15) is 5.56 Å². The molecule has 0 aliphatic rings. The minimum atomic E-state index is 0.0465. The number of nitrogens with zero attached hydrogens (tertiary/aromatic N) is 2. The number of nitrogens with two attached hydrogens (primary N) is 1. The summed E-state index contributed by atoms with van der Waals surface area (Å²) in [5, 5.41) is 8.99. The second-order valence-electron chi connectivity index (χ2n) is 3.07. The first-order valence-electron chi connectivity index (χ1n) is 4.65. The summed E-state index contributed by atoms with van der Waals surface area (Å²) in [6.45, 7) is 0. The fraction of sp³-hybridized carbons (Fsp3) is 0. The number of hydrogen-bond acceptors (Lipinski definition) is 4. The number of amidine groups is 1. The van der Waals surface area contributed by atoms with Crippen LogP contribution in [0.5, 0.6) is 0 Å². The van der Waals surface area contributed by atoms with Crippen molar-refractivity contribution in [2.75, 3.05) is 0 Å². The molecule has 0 fully saturated rings. The summed E-state index contributed by atoms with van der Waals surface area (Å²) in [6, 6.07) is 9.19. The minimum Gasteiger partial charge on any atom is -0.384 e. The zero-order valence-corrected chi connectivity index (χ0v) is 9.24. The fourth-order valence-corrected chi connectivity index (χ4v) is 1.92. The van der Waals surface area contributed by atoms with Crippen LogP contribution < -0.4 is 5.73 Å². The Labute approximate surface area is 97.4 Å². The molecule has 0 amide bonds. The monoisotopic (exact) mass is 230 g/mol. The van der Waals surface area contributed by atoms with Crippen molar-refractivity contribution in [2.45, 2.75) is 10.1 Å². The smallest absolute Gasteiger partial charge is 0.122 e. The third-order valence-corrected chi connectivity index (χ3v) is 2.78. The number of pyridine rings is 2. The largest absolute Gasteiger partial charge is 0.384 e. The van der Waals surface area contributed by atoms with Gasteiger partial charge in [0.15, 0.2) is 0 Å². The van der Waals surface area contributed by atoms with Gasteiger partial charge in [0.1, 0.15) is 15.9 Å². The SMILES string of the molecule is N=C(N)c1ccnc(Sc2ccccn2)c1. The molecule has 0 radical (unpaired) electrons. The molecule has 0 saturated heterocycles. The van der Waals surface area contributed by atoms with E-state index in [1.165, 1.54) is 11.8 Å².